The first kappa shape index (κ1) is 19.2. The summed E-state index contributed by atoms with van der Waals surface area (Å²) < 4.78 is 6.09. The maximum atomic E-state index is 9.18. The maximum absolute atomic E-state index is 9.18. The Hall–Kier alpha value is -3.78. The minimum atomic E-state index is 0.511. The van der Waals surface area contributed by atoms with Crippen LogP contribution in [0.5, 0.6) is 0 Å². The van der Waals surface area contributed by atoms with Crippen LogP contribution in [0.15, 0.2) is 58.6 Å². The van der Waals surface area contributed by atoms with Crippen molar-refractivity contribution in [2.24, 2.45) is 5.16 Å². The number of aromatic nitrogens is 3. The van der Waals surface area contributed by atoms with Gasteiger partial charge in [-0.05, 0) is 50.7 Å². The van der Waals surface area contributed by atoms with E-state index < -0.39 is 0 Å². The molecule has 1 aromatic carbocycles. The number of fused-ring (bicyclic) bond motifs is 2. The van der Waals surface area contributed by atoms with Crippen molar-refractivity contribution in [2.75, 3.05) is 19.4 Å². The van der Waals surface area contributed by atoms with Gasteiger partial charge in [0.2, 0.25) is 0 Å². The molecule has 3 aromatic heterocycles. The molecule has 2 N–H and O–H groups in total. The molecule has 4 aromatic rings. The van der Waals surface area contributed by atoms with Crippen LogP contribution in [-0.2, 0) is 13.0 Å². The number of pyridine rings is 1. The maximum Gasteiger partial charge on any atom is 0.197 e. The summed E-state index contributed by atoms with van der Waals surface area (Å²) in [6.45, 7) is 0.768. The Balaban J connectivity index is 1.54. The first-order valence-electron chi connectivity index (χ1n) is 10.1. The number of oxime groups is 1. The Morgan fingerprint density at radius 3 is 2.74 bits per heavy atom. The first-order valence-corrected chi connectivity index (χ1v) is 10.1. The van der Waals surface area contributed by atoms with Crippen molar-refractivity contribution < 1.29 is 9.62 Å². The largest absolute Gasteiger partial charge is 0.449 e. The number of benzene rings is 1. The molecular formula is C23H22N6O2. The Morgan fingerprint density at radius 1 is 1.13 bits per heavy atom. The van der Waals surface area contributed by atoms with Crippen LogP contribution < -0.4 is 5.32 Å². The van der Waals surface area contributed by atoms with Gasteiger partial charge < -0.3 is 19.8 Å². The lowest BCUT2D eigenvalue weighted by Gasteiger charge is -2.10. The molecule has 1 aliphatic carbocycles. The fraction of sp³-hybridized carbons (Fsp3) is 0.217. The van der Waals surface area contributed by atoms with Crippen molar-refractivity contribution in [3.63, 3.8) is 0 Å². The van der Waals surface area contributed by atoms with Gasteiger partial charge in [-0.25, -0.2) is 9.97 Å². The SMILES string of the molecule is CN(C)Cc1cnc(-c2oc3cnccc3c2Nc2ccc3c(c2)CC/C3=N\O)nc1. The van der Waals surface area contributed by atoms with Crippen molar-refractivity contribution in [1.82, 2.24) is 19.9 Å². The van der Waals surface area contributed by atoms with Crippen molar-refractivity contribution in [3.8, 4) is 11.6 Å². The highest BCUT2D eigenvalue weighted by atomic mass is 16.4. The van der Waals surface area contributed by atoms with E-state index in [1.165, 1.54) is 0 Å². The smallest absolute Gasteiger partial charge is 0.197 e. The van der Waals surface area contributed by atoms with Gasteiger partial charge in [0.05, 0.1) is 17.6 Å². The number of nitrogens with zero attached hydrogens (tertiary/aromatic N) is 5. The third kappa shape index (κ3) is 3.62. The summed E-state index contributed by atoms with van der Waals surface area (Å²) in [5.41, 5.74) is 6.29. The van der Waals surface area contributed by atoms with Crippen molar-refractivity contribution in [3.05, 3.63) is 65.7 Å². The molecule has 3 heterocycles. The summed E-state index contributed by atoms with van der Waals surface area (Å²) in [5.74, 6) is 1.08. The van der Waals surface area contributed by atoms with Gasteiger partial charge in [0.15, 0.2) is 17.2 Å². The van der Waals surface area contributed by atoms with Gasteiger partial charge >= 0.3 is 0 Å². The summed E-state index contributed by atoms with van der Waals surface area (Å²) >= 11 is 0. The zero-order valence-electron chi connectivity index (χ0n) is 17.3. The number of aryl methyl sites for hydroxylation is 1. The molecule has 0 amide bonds. The summed E-state index contributed by atoms with van der Waals surface area (Å²) in [7, 11) is 4.02. The molecule has 0 spiro atoms. The number of nitrogens with one attached hydrogen (secondary N) is 1. The standard InChI is InChI=1S/C23H22N6O2/c1-29(2)13-14-10-25-23(26-11-14)22-21(18-7-8-24-12-20(18)31-22)27-16-4-5-17-15(9-16)3-6-19(17)28-30/h4-5,7-12,27,30H,3,6,13H2,1-2H3/b28-19+. The normalized spacial score (nSPS) is 14.5. The van der Waals surface area contributed by atoms with Crippen molar-refractivity contribution >= 4 is 28.1 Å². The van der Waals surface area contributed by atoms with E-state index in [0.29, 0.717) is 17.2 Å². The summed E-state index contributed by atoms with van der Waals surface area (Å²) in [6, 6.07) is 7.95. The molecule has 0 aliphatic heterocycles. The minimum absolute atomic E-state index is 0.511. The molecule has 0 saturated heterocycles. The molecule has 0 fully saturated rings. The Kier molecular flexibility index (Phi) is 4.83. The molecule has 0 saturated carbocycles. The Labute approximate surface area is 179 Å². The van der Waals surface area contributed by atoms with Gasteiger partial charge in [0.1, 0.15) is 0 Å². The average Bonchev–Trinajstić information content (AvgIpc) is 3.35. The minimum Gasteiger partial charge on any atom is -0.449 e. The summed E-state index contributed by atoms with van der Waals surface area (Å²) in [6.07, 6.45) is 8.67. The Morgan fingerprint density at radius 2 is 1.97 bits per heavy atom. The molecule has 0 atom stereocenters. The Bertz CT molecular complexity index is 1280. The molecule has 8 heteroatoms. The second kappa shape index (κ2) is 7.81. The van der Waals surface area contributed by atoms with Crippen LogP contribution in [0.4, 0.5) is 11.4 Å². The molecule has 1 aliphatic rings. The molecule has 156 valence electrons. The van der Waals surface area contributed by atoms with Crippen LogP contribution >= 0.6 is 0 Å². The molecular weight excluding hydrogens is 392 g/mol. The second-order valence-electron chi connectivity index (χ2n) is 7.87. The van der Waals surface area contributed by atoms with Crippen LogP contribution in [0.1, 0.15) is 23.1 Å². The number of anilines is 2. The zero-order valence-corrected chi connectivity index (χ0v) is 17.3. The number of hydrogen-bond acceptors (Lipinski definition) is 8. The van der Waals surface area contributed by atoms with Gasteiger partial charge in [-0.15, -0.1) is 0 Å². The highest BCUT2D eigenvalue weighted by molar-refractivity contribution is 6.05. The van der Waals surface area contributed by atoms with Crippen LogP contribution in [-0.4, -0.2) is 44.9 Å². The lowest BCUT2D eigenvalue weighted by Crippen LogP contribution is -2.11. The fourth-order valence-electron chi connectivity index (χ4n) is 3.95. The quantitative estimate of drug-likeness (QED) is 0.373. The third-order valence-corrected chi connectivity index (χ3v) is 5.34. The van der Waals surface area contributed by atoms with Crippen LogP contribution in [0.3, 0.4) is 0 Å². The van der Waals surface area contributed by atoms with Gasteiger partial charge in [0.25, 0.3) is 0 Å². The zero-order chi connectivity index (χ0) is 21.4. The predicted octanol–water partition coefficient (Wildman–Crippen LogP) is 4.21. The summed E-state index contributed by atoms with van der Waals surface area (Å²) in [4.78, 5) is 15.3. The highest BCUT2D eigenvalue weighted by Gasteiger charge is 2.21. The first-order chi connectivity index (χ1) is 15.1. The highest BCUT2D eigenvalue weighted by Crippen LogP contribution is 2.38. The van der Waals surface area contributed by atoms with Crippen LogP contribution in [0, 0.1) is 0 Å². The number of hydrogen-bond donors (Lipinski definition) is 2. The van der Waals surface area contributed by atoms with E-state index in [4.69, 9.17) is 4.42 Å². The van der Waals surface area contributed by atoms with E-state index >= 15 is 0 Å². The monoisotopic (exact) mass is 414 g/mol. The van der Waals surface area contributed by atoms with E-state index in [1.807, 2.05) is 44.7 Å². The summed E-state index contributed by atoms with van der Waals surface area (Å²) in [5, 5.41) is 17.0. The topological polar surface area (TPSA) is 99.7 Å². The number of furan rings is 1. The van der Waals surface area contributed by atoms with Crippen molar-refractivity contribution in [1.29, 1.82) is 0 Å². The molecule has 0 bridgehead atoms. The molecule has 8 nitrogen and oxygen atoms in total. The van der Waals surface area contributed by atoms with Crippen LogP contribution in [0.2, 0.25) is 0 Å². The number of rotatable bonds is 5. The molecule has 0 radical (unpaired) electrons. The van der Waals surface area contributed by atoms with Gasteiger partial charge in [0, 0.05) is 47.3 Å². The average molecular weight is 414 g/mol. The second-order valence-corrected chi connectivity index (χ2v) is 7.87. The van der Waals surface area contributed by atoms with E-state index in [2.05, 4.69) is 36.4 Å². The third-order valence-electron chi connectivity index (χ3n) is 5.34. The van der Waals surface area contributed by atoms with Gasteiger partial charge in [-0.1, -0.05) is 11.2 Å². The van der Waals surface area contributed by atoms with Crippen LogP contribution in [0.25, 0.3) is 22.6 Å². The van der Waals surface area contributed by atoms with Crippen molar-refractivity contribution in [2.45, 2.75) is 19.4 Å². The lowest BCUT2D eigenvalue weighted by molar-refractivity contribution is 0.318. The molecule has 0 unspecified atom stereocenters. The molecule has 5 rings (SSSR count). The van der Waals surface area contributed by atoms with E-state index in [0.717, 1.165) is 58.5 Å². The fourth-order valence-corrected chi connectivity index (χ4v) is 3.95. The van der Waals surface area contributed by atoms with E-state index in [1.54, 1.807) is 12.4 Å². The molecule has 31 heavy (non-hydrogen) atoms. The van der Waals surface area contributed by atoms with E-state index in [-0.39, 0.29) is 0 Å². The van der Waals surface area contributed by atoms with Gasteiger partial charge in [-0.3, -0.25) is 4.98 Å². The van der Waals surface area contributed by atoms with Gasteiger partial charge in [-0.2, -0.15) is 0 Å². The predicted molar refractivity (Wildman–Crippen MR) is 119 cm³/mol. The van der Waals surface area contributed by atoms with E-state index in [9.17, 15) is 5.21 Å². The lowest BCUT2D eigenvalue weighted by atomic mass is 10.1.